The molecule has 0 N–H and O–H groups in total. The first kappa shape index (κ1) is 25.2. The number of fused-ring (bicyclic) bond motifs is 7. The largest absolute Gasteiger partial charge is 0.228 e. The Bertz CT molecular complexity index is 2680. The number of nitrogens with zero attached hydrogens (tertiary/aromatic N) is 2. The van der Waals surface area contributed by atoms with Gasteiger partial charge in [0.1, 0.15) is 0 Å². The predicted octanol–water partition coefficient (Wildman–Crippen LogP) is 11.7. The summed E-state index contributed by atoms with van der Waals surface area (Å²) in [6, 6.07) is 56.7. The van der Waals surface area contributed by atoms with Crippen molar-refractivity contribution in [2.75, 3.05) is 0 Å². The molecule has 1 aliphatic carbocycles. The lowest BCUT2D eigenvalue weighted by Gasteiger charge is -2.16. The quantitative estimate of drug-likeness (QED) is 0.153. The minimum atomic E-state index is 0.723. The SMILES string of the molecule is c1ccc(-c2nc(-c3ccc4c(c3)-c3cccc5cccc-4c35)cc(-c3c4ccccc4cc4ccc5ccccc5c34)n2)cc1. The Labute approximate surface area is 266 Å². The Morgan fingerprint density at radius 1 is 0.326 bits per heavy atom. The molecule has 0 spiro atoms. The Balaban J connectivity index is 1.28. The molecule has 10 rings (SSSR count). The highest BCUT2D eigenvalue weighted by Gasteiger charge is 2.23. The van der Waals surface area contributed by atoms with Crippen LogP contribution in [0.3, 0.4) is 0 Å². The van der Waals surface area contributed by atoms with E-state index in [9.17, 15) is 0 Å². The van der Waals surface area contributed by atoms with Crippen molar-refractivity contribution >= 4 is 43.1 Å². The van der Waals surface area contributed by atoms with E-state index in [4.69, 9.17) is 9.97 Å². The van der Waals surface area contributed by atoms with Crippen LogP contribution in [-0.2, 0) is 0 Å². The topological polar surface area (TPSA) is 25.8 Å². The maximum Gasteiger partial charge on any atom is 0.160 e. The first-order valence-electron chi connectivity index (χ1n) is 15.8. The summed E-state index contributed by atoms with van der Waals surface area (Å²) < 4.78 is 0. The Morgan fingerprint density at radius 3 is 1.85 bits per heavy atom. The molecule has 1 heterocycles. The van der Waals surface area contributed by atoms with Gasteiger partial charge in [-0.05, 0) is 83.5 Å². The highest BCUT2D eigenvalue weighted by molar-refractivity contribution is 6.22. The number of benzene rings is 8. The molecule has 8 aromatic carbocycles. The third-order valence-electron chi connectivity index (χ3n) is 9.57. The van der Waals surface area contributed by atoms with E-state index in [1.165, 1.54) is 65.3 Å². The standard InChI is InChI=1S/C44H26N2/c1-2-11-29(12-3-1)44-45-39(31-22-23-35-36-18-8-14-28-15-9-19-37(41(28)36)38(35)25-31)26-40(46-44)43-34-17-7-5-13-30(34)24-32-21-20-27-10-4-6-16-33(27)42(32)43/h1-26H. The van der Waals surface area contributed by atoms with Crippen LogP contribution in [0, 0.1) is 0 Å². The Kier molecular flexibility index (Phi) is 5.31. The van der Waals surface area contributed by atoms with Gasteiger partial charge in [0.25, 0.3) is 0 Å². The number of hydrogen-bond acceptors (Lipinski definition) is 2. The van der Waals surface area contributed by atoms with Crippen LogP contribution in [0.4, 0.5) is 0 Å². The van der Waals surface area contributed by atoms with E-state index in [1.807, 2.05) is 6.07 Å². The van der Waals surface area contributed by atoms with Crippen molar-refractivity contribution in [3.8, 4) is 56.2 Å². The van der Waals surface area contributed by atoms with Crippen LogP contribution >= 0.6 is 0 Å². The summed E-state index contributed by atoms with van der Waals surface area (Å²) in [6.45, 7) is 0. The molecule has 0 saturated carbocycles. The fraction of sp³-hybridized carbons (Fsp3) is 0. The van der Waals surface area contributed by atoms with Gasteiger partial charge < -0.3 is 0 Å². The van der Waals surface area contributed by atoms with Crippen LogP contribution in [-0.4, -0.2) is 9.97 Å². The molecule has 0 unspecified atom stereocenters. The van der Waals surface area contributed by atoms with Gasteiger partial charge in [-0.1, -0.05) is 140 Å². The van der Waals surface area contributed by atoms with Crippen LogP contribution < -0.4 is 0 Å². The van der Waals surface area contributed by atoms with E-state index in [0.717, 1.165) is 33.9 Å². The van der Waals surface area contributed by atoms with Gasteiger partial charge >= 0.3 is 0 Å². The molecule has 46 heavy (non-hydrogen) atoms. The van der Waals surface area contributed by atoms with Crippen LogP contribution in [0.1, 0.15) is 0 Å². The van der Waals surface area contributed by atoms with Gasteiger partial charge in [0, 0.05) is 16.7 Å². The van der Waals surface area contributed by atoms with E-state index < -0.39 is 0 Å². The van der Waals surface area contributed by atoms with E-state index in [2.05, 4.69) is 152 Å². The first-order valence-corrected chi connectivity index (χ1v) is 15.8. The van der Waals surface area contributed by atoms with Crippen LogP contribution in [0.5, 0.6) is 0 Å². The molecular formula is C44H26N2. The Morgan fingerprint density at radius 2 is 1.00 bits per heavy atom. The zero-order valence-electron chi connectivity index (χ0n) is 24.9. The number of aromatic nitrogens is 2. The molecule has 2 nitrogen and oxygen atoms in total. The van der Waals surface area contributed by atoms with E-state index in [1.54, 1.807) is 0 Å². The van der Waals surface area contributed by atoms with Crippen molar-refractivity contribution in [1.82, 2.24) is 9.97 Å². The summed E-state index contributed by atoms with van der Waals surface area (Å²) >= 11 is 0. The Hall–Kier alpha value is -6.12. The van der Waals surface area contributed by atoms with Gasteiger partial charge in [-0.15, -0.1) is 0 Å². The van der Waals surface area contributed by atoms with Gasteiger partial charge in [-0.2, -0.15) is 0 Å². The molecule has 212 valence electrons. The van der Waals surface area contributed by atoms with Crippen LogP contribution in [0.2, 0.25) is 0 Å². The molecule has 0 aliphatic heterocycles. The van der Waals surface area contributed by atoms with Gasteiger partial charge in [-0.25, -0.2) is 9.97 Å². The molecule has 0 fully saturated rings. The second kappa shape index (κ2) is 9.69. The van der Waals surface area contributed by atoms with E-state index in [0.29, 0.717) is 0 Å². The van der Waals surface area contributed by atoms with Crippen molar-refractivity contribution < 1.29 is 0 Å². The zero-order valence-corrected chi connectivity index (χ0v) is 24.9. The monoisotopic (exact) mass is 582 g/mol. The number of hydrogen-bond donors (Lipinski definition) is 0. The van der Waals surface area contributed by atoms with Gasteiger partial charge in [0.2, 0.25) is 0 Å². The van der Waals surface area contributed by atoms with Crippen molar-refractivity contribution in [2.45, 2.75) is 0 Å². The molecule has 0 bridgehead atoms. The summed E-state index contributed by atoms with van der Waals surface area (Å²) in [4.78, 5) is 10.6. The summed E-state index contributed by atoms with van der Waals surface area (Å²) in [5.41, 5.74) is 10.2. The summed E-state index contributed by atoms with van der Waals surface area (Å²) in [5, 5.41) is 9.87. The highest BCUT2D eigenvalue weighted by atomic mass is 14.9. The molecule has 1 aliphatic rings. The van der Waals surface area contributed by atoms with Crippen LogP contribution in [0.15, 0.2) is 158 Å². The van der Waals surface area contributed by atoms with Crippen LogP contribution in [0.25, 0.3) is 99.2 Å². The normalized spacial score (nSPS) is 11.9. The predicted molar refractivity (Wildman–Crippen MR) is 193 cm³/mol. The lowest BCUT2D eigenvalue weighted by atomic mass is 9.90. The molecule has 1 aromatic heterocycles. The average Bonchev–Trinajstić information content (AvgIpc) is 3.45. The lowest BCUT2D eigenvalue weighted by Crippen LogP contribution is -1.97. The molecule has 0 saturated heterocycles. The zero-order chi connectivity index (χ0) is 30.2. The fourth-order valence-electron chi connectivity index (χ4n) is 7.50. The lowest BCUT2D eigenvalue weighted by molar-refractivity contribution is 1.19. The van der Waals surface area contributed by atoms with E-state index in [-0.39, 0.29) is 0 Å². The molecule has 9 aromatic rings. The molecule has 0 atom stereocenters. The fourth-order valence-corrected chi connectivity index (χ4v) is 7.50. The summed E-state index contributed by atoms with van der Waals surface area (Å²) in [5.74, 6) is 0.723. The average molecular weight is 583 g/mol. The first-order chi connectivity index (χ1) is 22.8. The summed E-state index contributed by atoms with van der Waals surface area (Å²) in [7, 11) is 0. The molecule has 2 heteroatoms. The van der Waals surface area contributed by atoms with Gasteiger partial charge in [-0.3, -0.25) is 0 Å². The molecule has 0 radical (unpaired) electrons. The van der Waals surface area contributed by atoms with Crippen molar-refractivity contribution in [1.29, 1.82) is 0 Å². The van der Waals surface area contributed by atoms with Crippen molar-refractivity contribution in [3.05, 3.63) is 158 Å². The smallest absolute Gasteiger partial charge is 0.160 e. The van der Waals surface area contributed by atoms with E-state index >= 15 is 0 Å². The molecular weight excluding hydrogens is 556 g/mol. The maximum absolute atomic E-state index is 5.33. The third kappa shape index (κ3) is 3.71. The van der Waals surface area contributed by atoms with Crippen molar-refractivity contribution in [2.24, 2.45) is 0 Å². The third-order valence-corrected chi connectivity index (χ3v) is 9.57. The molecule has 0 amide bonds. The second-order valence-corrected chi connectivity index (χ2v) is 12.2. The van der Waals surface area contributed by atoms with Gasteiger partial charge in [0.05, 0.1) is 11.4 Å². The van der Waals surface area contributed by atoms with Gasteiger partial charge in [0.15, 0.2) is 5.82 Å². The minimum absolute atomic E-state index is 0.723. The highest BCUT2D eigenvalue weighted by Crippen LogP contribution is 2.48. The van der Waals surface area contributed by atoms with Crippen molar-refractivity contribution in [3.63, 3.8) is 0 Å². The maximum atomic E-state index is 5.33. The minimum Gasteiger partial charge on any atom is -0.228 e. The number of rotatable bonds is 3. The second-order valence-electron chi connectivity index (χ2n) is 12.2. The summed E-state index contributed by atoms with van der Waals surface area (Å²) in [6.07, 6.45) is 0.